The Morgan fingerprint density at radius 2 is 1.96 bits per heavy atom. The molecule has 0 saturated heterocycles. The molecule has 0 radical (unpaired) electrons. The van der Waals surface area contributed by atoms with Gasteiger partial charge < -0.3 is 14.9 Å². The summed E-state index contributed by atoms with van der Waals surface area (Å²) in [5.41, 5.74) is 3.12. The Morgan fingerprint density at radius 3 is 2.74 bits per heavy atom. The molecule has 0 spiro atoms. The lowest BCUT2D eigenvalue weighted by molar-refractivity contribution is 0.432. The maximum Gasteiger partial charge on any atom is 0.321 e. The van der Waals surface area contributed by atoms with Crippen molar-refractivity contribution in [2.45, 2.75) is 13.3 Å². The van der Waals surface area contributed by atoms with Crippen LogP contribution in [0.4, 0.5) is 6.01 Å². The summed E-state index contributed by atoms with van der Waals surface area (Å²) in [6, 6.07) is 13.5. The third-order valence-corrected chi connectivity index (χ3v) is 4.21. The highest BCUT2D eigenvalue weighted by atomic mass is 79.9. The minimum Gasteiger partial charge on any atom is -0.508 e. The number of nitrogens with one attached hydrogen (secondary N) is 1. The summed E-state index contributed by atoms with van der Waals surface area (Å²) in [6.45, 7) is 2.66. The van der Waals surface area contributed by atoms with Crippen LogP contribution in [0.25, 0.3) is 11.4 Å². The third kappa shape index (κ3) is 3.90. The molecule has 23 heavy (non-hydrogen) atoms. The van der Waals surface area contributed by atoms with Crippen LogP contribution < -0.4 is 5.32 Å². The molecule has 0 atom stereocenters. The van der Waals surface area contributed by atoms with Gasteiger partial charge in [0.25, 0.3) is 0 Å². The van der Waals surface area contributed by atoms with E-state index in [1.54, 1.807) is 12.1 Å². The van der Waals surface area contributed by atoms with Gasteiger partial charge in [-0.1, -0.05) is 50.9 Å². The Bertz CT molecular complexity index is 800. The Balaban J connectivity index is 1.61. The van der Waals surface area contributed by atoms with E-state index in [9.17, 15) is 5.11 Å². The number of halogens is 1. The zero-order valence-corrected chi connectivity index (χ0v) is 14.2. The molecule has 0 aliphatic carbocycles. The number of anilines is 1. The lowest BCUT2D eigenvalue weighted by atomic mass is 10.1. The van der Waals surface area contributed by atoms with Crippen molar-refractivity contribution in [1.82, 2.24) is 10.1 Å². The maximum absolute atomic E-state index is 9.52. The predicted molar refractivity (Wildman–Crippen MR) is 92.5 cm³/mol. The second-order valence-electron chi connectivity index (χ2n) is 5.24. The SMILES string of the molecule is Cc1ccc(-c2noc(NCCc3cc(O)ccc3Br)n2)cc1. The lowest BCUT2D eigenvalue weighted by Gasteiger charge is -2.05. The van der Waals surface area contributed by atoms with E-state index in [2.05, 4.69) is 31.4 Å². The molecular weight excluding hydrogens is 358 g/mol. The number of hydrogen-bond acceptors (Lipinski definition) is 5. The number of aromatic hydroxyl groups is 1. The zero-order chi connectivity index (χ0) is 16.2. The summed E-state index contributed by atoms with van der Waals surface area (Å²) in [4.78, 5) is 4.33. The van der Waals surface area contributed by atoms with Gasteiger partial charge in [0.1, 0.15) is 5.75 Å². The number of phenolic OH excluding ortho intramolecular Hbond substituents is 1. The average molecular weight is 374 g/mol. The van der Waals surface area contributed by atoms with Gasteiger partial charge in [-0.15, -0.1) is 0 Å². The van der Waals surface area contributed by atoms with Crippen molar-refractivity contribution < 1.29 is 9.63 Å². The number of aryl methyl sites for hydroxylation is 1. The molecule has 3 rings (SSSR count). The molecule has 118 valence electrons. The number of benzene rings is 2. The summed E-state index contributed by atoms with van der Waals surface area (Å²) in [5.74, 6) is 0.814. The summed E-state index contributed by atoms with van der Waals surface area (Å²) in [6.07, 6.45) is 0.719. The summed E-state index contributed by atoms with van der Waals surface area (Å²) >= 11 is 3.47. The van der Waals surface area contributed by atoms with Crippen molar-refractivity contribution in [3.63, 3.8) is 0 Å². The van der Waals surface area contributed by atoms with Crippen molar-refractivity contribution in [3.8, 4) is 17.1 Å². The Hall–Kier alpha value is -2.34. The largest absolute Gasteiger partial charge is 0.508 e. The first-order valence-electron chi connectivity index (χ1n) is 7.24. The highest BCUT2D eigenvalue weighted by Gasteiger charge is 2.08. The van der Waals surface area contributed by atoms with Gasteiger partial charge in [0, 0.05) is 16.6 Å². The smallest absolute Gasteiger partial charge is 0.321 e. The average Bonchev–Trinajstić information content (AvgIpc) is 3.00. The lowest BCUT2D eigenvalue weighted by Crippen LogP contribution is -2.05. The van der Waals surface area contributed by atoms with E-state index in [-0.39, 0.29) is 5.75 Å². The standard InChI is InChI=1S/C17H16BrN3O2/c1-11-2-4-12(5-3-11)16-20-17(23-21-16)19-9-8-13-10-14(22)6-7-15(13)18/h2-7,10,22H,8-9H2,1H3,(H,19,20,21). The fourth-order valence-electron chi connectivity index (χ4n) is 2.17. The third-order valence-electron chi connectivity index (χ3n) is 3.44. The first kappa shape index (κ1) is 15.6. The van der Waals surface area contributed by atoms with Gasteiger partial charge in [-0.25, -0.2) is 0 Å². The first-order valence-corrected chi connectivity index (χ1v) is 8.03. The van der Waals surface area contributed by atoms with Crippen LogP contribution in [0, 0.1) is 6.92 Å². The van der Waals surface area contributed by atoms with Crippen molar-refractivity contribution in [3.05, 3.63) is 58.1 Å². The molecule has 1 heterocycles. The van der Waals surface area contributed by atoms with Crippen molar-refractivity contribution in [1.29, 1.82) is 0 Å². The van der Waals surface area contributed by atoms with Crippen LogP contribution in [0.3, 0.4) is 0 Å². The normalized spacial score (nSPS) is 10.7. The minimum atomic E-state index is 0.252. The fraction of sp³-hybridized carbons (Fsp3) is 0.176. The number of rotatable bonds is 5. The van der Waals surface area contributed by atoms with Gasteiger partial charge in [-0.2, -0.15) is 4.98 Å². The number of nitrogens with zero attached hydrogens (tertiary/aromatic N) is 2. The van der Waals surface area contributed by atoms with Crippen LogP contribution in [0.5, 0.6) is 5.75 Å². The van der Waals surface area contributed by atoms with Crippen molar-refractivity contribution in [2.24, 2.45) is 0 Å². The summed E-state index contributed by atoms with van der Waals surface area (Å²) in [5, 5.41) is 16.6. The molecule has 6 heteroatoms. The van der Waals surface area contributed by atoms with Crippen molar-refractivity contribution >= 4 is 21.9 Å². The van der Waals surface area contributed by atoms with Gasteiger partial charge in [0.05, 0.1) is 0 Å². The van der Waals surface area contributed by atoms with Gasteiger partial charge in [-0.05, 0) is 37.1 Å². The molecule has 3 aromatic rings. The van der Waals surface area contributed by atoms with E-state index in [0.717, 1.165) is 22.0 Å². The monoisotopic (exact) mass is 373 g/mol. The van der Waals surface area contributed by atoms with Crippen LogP contribution in [-0.4, -0.2) is 21.8 Å². The molecule has 1 aromatic heterocycles. The number of hydrogen-bond donors (Lipinski definition) is 2. The quantitative estimate of drug-likeness (QED) is 0.702. The van der Waals surface area contributed by atoms with E-state index in [1.807, 2.05) is 37.3 Å². The molecule has 2 aromatic carbocycles. The van der Waals surface area contributed by atoms with E-state index in [4.69, 9.17) is 4.52 Å². The molecule has 5 nitrogen and oxygen atoms in total. The molecule has 0 fully saturated rings. The molecule has 2 N–H and O–H groups in total. The van der Waals surface area contributed by atoms with E-state index >= 15 is 0 Å². The van der Waals surface area contributed by atoms with Gasteiger partial charge in [-0.3, -0.25) is 0 Å². The topological polar surface area (TPSA) is 71.2 Å². The van der Waals surface area contributed by atoms with Gasteiger partial charge in [0.15, 0.2) is 0 Å². The van der Waals surface area contributed by atoms with E-state index < -0.39 is 0 Å². The highest BCUT2D eigenvalue weighted by molar-refractivity contribution is 9.10. The molecule has 0 amide bonds. The van der Waals surface area contributed by atoms with E-state index in [0.29, 0.717) is 18.4 Å². The molecule has 0 unspecified atom stereocenters. The van der Waals surface area contributed by atoms with Crippen molar-refractivity contribution in [2.75, 3.05) is 11.9 Å². The molecule has 0 aliphatic heterocycles. The fourth-order valence-corrected chi connectivity index (χ4v) is 2.62. The first-order chi connectivity index (χ1) is 11.1. The van der Waals surface area contributed by atoms with Crippen LogP contribution in [-0.2, 0) is 6.42 Å². The van der Waals surface area contributed by atoms with Crippen LogP contribution in [0.2, 0.25) is 0 Å². The Kier molecular flexibility index (Phi) is 4.62. The van der Waals surface area contributed by atoms with Gasteiger partial charge in [0.2, 0.25) is 5.82 Å². The zero-order valence-electron chi connectivity index (χ0n) is 12.6. The van der Waals surface area contributed by atoms with Gasteiger partial charge >= 0.3 is 6.01 Å². The second kappa shape index (κ2) is 6.83. The maximum atomic E-state index is 9.52. The molecule has 0 aliphatic rings. The summed E-state index contributed by atoms with van der Waals surface area (Å²) in [7, 11) is 0. The number of phenols is 1. The van der Waals surface area contributed by atoms with Crippen LogP contribution in [0.1, 0.15) is 11.1 Å². The second-order valence-corrected chi connectivity index (χ2v) is 6.10. The molecule has 0 bridgehead atoms. The van der Waals surface area contributed by atoms with E-state index in [1.165, 1.54) is 5.56 Å². The van der Waals surface area contributed by atoms with Crippen LogP contribution in [0.15, 0.2) is 51.5 Å². The predicted octanol–water partition coefficient (Wildman–Crippen LogP) is 4.17. The van der Waals surface area contributed by atoms with Crippen LogP contribution >= 0.6 is 15.9 Å². The Morgan fingerprint density at radius 1 is 1.17 bits per heavy atom. The highest BCUT2D eigenvalue weighted by Crippen LogP contribution is 2.22. The molecular formula is C17H16BrN3O2. The number of aromatic nitrogens is 2. The molecule has 0 saturated carbocycles. The minimum absolute atomic E-state index is 0.252. The Labute approximate surface area is 142 Å². The summed E-state index contributed by atoms with van der Waals surface area (Å²) < 4.78 is 6.17.